The van der Waals surface area contributed by atoms with Crippen LogP contribution in [0, 0.1) is 0 Å². The van der Waals surface area contributed by atoms with Crippen LogP contribution in [0.1, 0.15) is 22.5 Å². The van der Waals surface area contributed by atoms with E-state index in [1.54, 1.807) is 0 Å². The average molecular weight is 218 g/mol. The monoisotopic (exact) mass is 218 g/mol. The highest BCUT2D eigenvalue weighted by atomic mass is 19.3. The van der Waals surface area contributed by atoms with Gasteiger partial charge in [0.2, 0.25) is 0 Å². The first kappa shape index (κ1) is 11.2. The van der Waals surface area contributed by atoms with Crippen LogP contribution in [-0.2, 0) is 0 Å². The number of anilines is 1. The molecular formula is C8H8F2N2O3. The number of pyridine rings is 1. The normalized spacial score (nSPS) is 10.4. The van der Waals surface area contributed by atoms with Crippen molar-refractivity contribution in [1.29, 1.82) is 0 Å². The van der Waals surface area contributed by atoms with Gasteiger partial charge in [-0.3, -0.25) is 4.98 Å². The largest absolute Gasteiger partial charge is 0.494 e. The molecule has 1 heterocycles. The number of aromatic nitrogens is 1. The molecule has 5 nitrogen and oxygen atoms in total. The lowest BCUT2D eigenvalue weighted by Crippen LogP contribution is -2.10. The summed E-state index contributed by atoms with van der Waals surface area (Å²) in [7, 11) is 1.15. The van der Waals surface area contributed by atoms with E-state index in [-0.39, 0.29) is 11.4 Å². The van der Waals surface area contributed by atoms with Gasteiger partial charge in [0.05, 0.1) is 19.0 Å². The van der Waals surface area contributed by atoms with Crippen LogP contribution in [0.5, 0.6) is 5.75 Å². The number of carboxylic acid groups (broad SMARTS) is 1. The molecule has 0 fully saturated rings. The first-order valence-corrected chi connectivity index (χ1v) is 3.82. The standard InChI is InChI=1S/C8H8F2N2O3/c1-15-6-3(11)2-12-5(7(9)10)4(6)8(13)14/h2,7H,11H2,1H3,(H,13,14). The van der Waals surface area contributed by atoms with Gasteiger partial charge in [-0.1, -0.05) is 0 Å². The minimum atomic E-state index is -2.99. The summed E-state index contributed by atoms with van der Waals surface area (Å²) in [6.45, 7) is 0. The SMILES string of the molecule is COc1c(N)cnc(C(F)F)c1C(=O)O. The van der Waals surface area contributed by atoms with Gasteiger partial charge in [0.15, 0.2) is 5.75 Å². The lowest BCUT2D eigenvalue weighted by Gasteiger charge is -2.11. The van der Waals surface area contributed by atoms with Crippen molar-refractivity contribution in [3.05, 3.63) is 17.5 Å². The van der Waals surface area contributed by atoms with Crippen LogP contribution in [0.2, 0.25) is 0 Å². The second-order valence-corrected chi connectivity index (χ2v) is 2.61. The zero-order chi connectivity index (χ0) is 11.6. The van der Waals surface area contributed by atoms with Crippen molar-refractivity contribution in [2.75, 3.05) is 12.8 Å². The van der Waals surface area contributed by atoms with Gasteiger partial charge in [-0.2, -0.15) is 0 Å². The van der Waals surface area contributed by atoms with E-state index in [0.29, 0.717) is 0 Å². The molecule has 1 aromatic heterocycles. The zero-order valence-corrected chi connectivity index (χ0v) is 7.70. The van der Waals surface area contributed by atoms with E-state index in [1.165, 1.54) is 0 Å². The predicted octanol–water partition coefficient (Wildman–Crippen LogP) is 1.31. The minimum absolute atomic E-state index is 0.0979. The predicted molar refractivity (Wildman–Crippen MR) is 47.1 cm³/mol. The van der Waals surface area contributed by atoms with Gasteiger partial charge in [-0.05, 0) is 0 Å². The average Bonchev–Trinajstić information content (AvgIpc) is 2.16. The van der Waals surface area contributed by atoms with E-state index in [1.807, 2.05) is 0 Å². The second-order valence-electron chi connectivity index (χ2n) is 2.61. The summed E-state index contributed by atoms with van der Waals surface area (Å²) in [5.41, 5.74) is 3.69. The Morgan fingerprint density at radius 2 is 2.27 bits per heavy atom. The Hall–Kier alpha value is -1.92. The molecule has 0 aromatic carbocycles. The van der Waals surface area contributed by atoms with Gasteiger partial charge in [-0.15, -0.1) is 0 Å². The first-order chi connectivity index (χ1) is 6.99. The van der Waals surface area contributed by atoms with Crippen LogP contribution in [0.25, 0.3) is 0 Å². The number of hydrogen-bond acceptors (Lipinski definition) is 4. The molecule has 0 spiro atoms. The van der Waals surface area contributed by atoms with Gasteiger partial charge >= 0.3 is 5.97 Å². The van der Waals surface area contributed by atoms with Crippen LogP contribution in [0.4, 0.5) is 14.5 Å². The molecular weight excluding hydrogens is 210 g/mol. The fourth-order valence-electron chi connectivity index (χ4n) is 1.11. The second kappa shape index (κ2) is 4.07. The minimum Gasteiger partial charge on any atom is -0.494 e. The molecule has 0 bridgehead atoms. The van der Waals surface area contributed by atoms with E-state index in [2.05, 4.69) is 9.72 Å². The van der Waals surface area contributed by atoms with Crippen molar-refractivity contribution in [2.24, 2.45) is 0 Å². The number of hydrogen-bond donors (Lipinski definition) is 2. The molecule has 0 amide bonds. The van der Waals surface area contributed by atoms with Gasteiger partial charge in [0, 0.05) is 0 Å². The fourth-order valence-corrected chi connectivity index (χ4v) is 1.11. The summed E-state index contributed by atoms with van der Waals surface area (Å²) < 4.78 is 29.5. The molecule has 0 saturated heterocycles. The lowest BCUT2D eigenvalue weighted by atomic mass is 10.1. The molecule has 1 rings (SSSR count). The third-order valence-electron chi connectivity index (χ3n) is 1.71. The van der Waals surface area contributed by atoms with Gasteiger partial charge in [0.25, 0.3) is 6.43 Å². The third kappa shape index (κ3) is 1.95. The van der Waals surface area contributed by atoms with Crippen molar-refractivity contribution in [2.45, 2.75) is 6.43 Å². The third-order valence-corrected chi connectivity index (χ3v) is 1.71. The zero-order valence-electron chi connectivity index (χ0n) is 7.70. The molecule has 0 saturated carbocycles. The van der Waals surface area contributed by atoms with Crippen LogP contribution < -0.4 is 10.5 Å². The van der Waals surface area contributed by atoms with E-state index < -0.39 is 23.7 Å². The Morgan fingerprint density at radius 1 is 1.67 bits per heavy atom. The summed E-state index contributed by atoms with van der Waals surface area (Å²) in [5, 5.41) is 8.74. The summed E-state index contributed by atoms with van der Waals surface area (Å²) in [4.78, 5) is 14.0. The Morgan fingerprint density at radius 3 is 2.67 bits per heavy atom. The quantitative estimate of drug-likeness (QED) is 0.798. The van der Waals surface area contributed by atoms with Crippen molar-refractivity contribution in [3.63, 3.8) is 0 Å². The van der Waals surface area contributed by atoms with Gasteiger partial charge in [0.1, 0.15) is 11.3 Å². The molecule has 1 aromatic rings. The van der Waals surface area contributed by atoms with Crippen LogP contribution >= 0.6 is 0 Å². The van der Waals surface area contributed by atoms with Crippen molar-refractivity contribution in [3.8, 4) is 5.75 Å². The Labute approximate surface area is 83.5 Å². The lowest BCUT2D eigenvalue weighted by molar-refractivity contribution is 0.0678. The molecule has 0 aliphatic rings. The van der Waals surface area contributed by atoms with Crippen LogP contribution in [0.15, 0.2) is 6.20 Å². The maximum atomic E-state index is 12.4. The van der Waals surface area contributed by atoms with E-state index in [4.69, 9.17) is 10.8 Å². The number of halogens is 2. The maximum Gasteiger partial charge on any atom is 0.341 e. The number of carboxylic acids is 1. The molecule has 15 heavy (non-hydrogen) atoms. The van der Waals surface area contributed by atoms with E-state index in [0.717, 1.165) is 13.3 Å². The number of carbonyl (C=O) groups is 1. The number of nitrogens with zero attached hydrogens (tertiary/aromatic N) is 1. The molecule has 0 aliphatic carbocycles. The summed E-state index contributed by atoms with van der Waals surface area (Å²) in [5.74, 6) is -1.85. The van der Waals surface area contributed by atoms with Crippen molar-refractivity contribution < 1.29 is 23.4 Å². The van der Waals surface area contributed by atoms with Crippen LogP contribution in [0.3, 0.4) is 0 Å². The number of rotatable bonds is 3. The van der Waals surface area contributed by atoms with E-state index in [9.17, 15) is 13.6 Å². The summed E-state index contributed by atoms with van der Waals surface area (Å²) in [6.07, 6.45) is -2.06. The number of aromatic carboxylic acids is 1. The number of nitrogen functional groups attached to an aromatic ring is 1. The molecule has 82 valence electrons. The highest BCUT2D eigenvalue weighted by Gasteiger charge is 2.25. The van der Waals surface area contributed by atoms with Gasteiger partial charge in [-0.25, -0.2) is 13.6 Å². The molecule has 0 aliphatic heterocycles. The molecule has 7 heteroatoms. The highest BCUT2D eigenvalue weighted by Crippen LogP contribution is 2.32. The number of nitrogens with two attached hydrogens (primary N) is 1. The smallest absolute Gasteiger partial charge is 0.341 e. The van der Waals surface area contributed by atoms with Crippen molar-refractivity contribution >= 4 is 11.7 Å². The topological polar surface area (TPSA) is 85.4 Å². The Kier molecular flexibility index (Phi) is 3.03. The van der Waals surface area contributed by atoms with E-state index >= 15 is 0 Å². The Bertz CT molecular complexity index is 396. The molecule has 0 unspecified atom stereocenters. The molecule has 3 N–H and O–H groups in total. The Balaban J connectivity index is 3.49. The number of ether oxygens (including phenoxy) is 1. The first-order valence-electron chi connectivity index (χ1n) is 3.82. The summed E-state index contributed by atoms with van der Waals surface area (Å²) >= 11 is 0. The summed E-state index contributed by atoms with van der Waals surface area (Å²) in [6, 6.07) is 0. The number of alkyl halides is 2. The fraction of sp³-hybridized carbons (Fsp3) is 0.250. The molecule has 0 atom stereocenters. The molecule has 0 radical (unpaired) electrons. The highest BCUT2D eigenvalue weighted by molar-refractivity contribution is 5.94. The number of methoxy groups -OCH3 is 1. The maximum absolute atomic E-state index is 12.4. The van der Waals surface area contributed by atoms with Crippen molar-refractivity contribution in [1.82, 2.24) is 4.98 Å². The van der Waals surface area contributed by atoms with Gasteiger partial charge < -0.3 is 15.6 Å². The van der Waals surface area contributed by atoms with Crippen LogP contribution in [-0.4, -0.2) is 23.2 Å².